The number of carbonyl (C=O) groups is 1. The van der Waals surface area contributed by atoms with Crippen molar-refractivity contribution in [3.63, 3.8) is 0 Å². The Balaban J connectivity index is 2.32. The predicted molar refractivity (Wildman–Crippen MR) is 110 cm³/mol. The molecular formula is C23H32N2O2. The quantitative estimate of drug-likeness (QED) is 0.446. The molecule has 1 aromatic carbocycles. The van der Waals surface area contributed by atoms with Crippen LogP contribution in [-0.2, 0) is 11.3 Å². The smallest absolute Gasteiger partial charge is 0.340 e. The van der Waals surface area contributed by atoms with Gasteiger partial charge in [-0.15, -0.1) is 0 Å². The zero-order valence-electron chi connectivity index (χ0n) is 16.9. The van der Waals surface area contributed by atoms with E-state index in [4.69, 9.17) is 10.1 Å². The van der Waals surface area contributed by atoms with Gasteiger partial charge in [-0.3, -0.25) is 5.41 Å². The zero-order chi connectivity index (χ0) is 19.6. The molecule has 4 heteroatoms. The second-order valence-corrected chi connectivity index (χ2v) is 6.94. The number of aromatic nitrogens is 1. The van der Waals surface area contributed by atoms with Crippen molar-refractivity contribution in [1.29, 1.82) is 5.41 Å². The normalized spacial score (nSPS) is 10.8. The number of aryl methyl sites for hydroxylation is 1. The molecule has 4 nitrogen and oxygen atoms in total. The van der Waals surface area contributed by atoms with E-state index in [9.17, 15) is 4.79 Å². The number of rotatable bonds is 10. The zero-order valence-corrected chi connectivity index (χ0v) is 16.9. The van der Waals surface area contributed by atoms with Gasteiger partial charge in [0.05, 0.1) is 12.2 Å². The van der Waals surface area contributed by atoms with E-state index in [-0.39, 0.29) is 5.97 Å². The van der Waals surface area contributed by atoms with Crippen molar-refractivity contribution in [3.05, 3.63) is 53.1 Å². The summed E-state index contributed by atoms with van der Waals surface area (Å²) in [4.78, 5) is 12.6. The summed E-state index contributed by atoms with van der Waals surface area (Å²) in [5.41, 5.74) is 3.58. The Morgan fingerprint density at radius 1 is 1.04 bits per heavy atom. The van der Waals surface area contributed by atoms with E-state index in [0.717, 1.165) is 36.1 Å². The van der Waals surface area contributed by atoms with Crippen LogP contribution < -0.4 is 5.49 Å². The fraction of sp³-hybridized carbons (Fsp3) is 0.478. The van der Waals surface area contributed by atoms with Crippen molar-refractivity contribution in [2.45, 2.75) is 65.8 Å². The van der Waals surface area contributed by atoms with Crippen molar-refractivity contribution < 1.29 is 9.53 Å². The van der Waals surface area contributed by atoms with Crippen LogP contribution in [0.1, 0.15) is 68.3 Å². The summed E-state index contributed by atoms with van der Waals surface area (Å²) in [6, 6.07) is 9.80. The molecule has 0 bridgehead atoms. The van der Waals surface area contributed by atoms with E-state index in [1.165, 1.54) is 25.7 Å². The number of unbranched alkanes of at least 4 members (excludes halogenated alkanes) is 5. The van der Waals surface area contributed by atoms with Crippen molar-refractivity contribution >= 4 is 5.97 Å². The number of ether oxygens (including phenoxy) is 1. The van der Waals surface area contributed by atoms with E-state index in [2.05, 4.69) is 6.92 Å². The first-order chi connectivity index (χ1) is 13.1. The van der Waals surface area contributed by atoms with Gasteiger partial charge in [-0.2, -0.15) is 0 Å². The summed E-state index contributed by atoms with van der Waals surface area (Å²) in [5, 5.41) is 8.58. The lowest BCUT2D eigenvalue weighted by molar-refractivity contribution is 0.0526. The monoisotopic (exact) mass is 368 g/mol. The van der Waals surface area contributed by atoms with Gasteiger partial charge >= 0.3 is 5.97 Å². The Morgan fingerprint density at radius 3 is 2.37 bits per heavy atom. The van der Waals surface area contributed by atoms with Crippen molar-refractivity contribution in [2.24, 2.45) is 0 Å². The fourth-order valence-electron chi connectivity index (χ4n) is 3.40. The SMILES string of the molecule is CCCCCCCCn1cc(C(=O)OCC)c(-c2ccccc2)c(C)c1=N. The third-order valence-electron chi connectivity index (χ3n) is 4.88. The maximum absolute atomic E-state index is 12.6. The van der Waals surface area contributed by atoms with Crippen LogP contribution in [0.2, 0.25) is 0 Å². The van der Waals surface area contributed by atoms with Crippen LogP contribution in [-0.4, -0.2) is 17.1 Å². The van der Waals surface area contributed by atoms with Crippen LogP contribution in [0.25, 0.3) is 11.1 Å². The molecule has 0 amide bonds. The molecule has 0 aliphatic carbocycles. The number of nitrogens with zero attached hydrogens (tertiary/aromatic N) is 1. The van der Waals surface area contributed by atoms with Crippen LogP contribution in [0.15, 0.2) is 36.5 Å². The Morgan fingerprint density at radius 2 is 1.70 bits per heavy atom. The number of nitrogens with one attached hydrogen (secondary N) is 1. The van der Waals surface area contributed by atoms with Gasteiger partial charge in [-0.05, 0) is 25.8 Å². The van der Waals surface area contributed by atoms with Gasteiger partial charge in [-0.25, -0.2) is 4.79 Å². The summed E-state index contributed by atoms with van der Waals surface area (Å²) in [6.45, 7) is 7.05. The molecule has 0 saturated carbocycles. The average Bonchev–Trinajstić information content (AvgIpc) is 2.68. The molecule has 1 N–H and O–H groups in total. The lowest BCUT2D eigenvalue weighted by atomic mass is 9.96. The molecule has 2 rings (SSSR count). The van der Waals surface area contributed by atoms with Gasteiger partial charge in [0, 0.05) is 23.9 Å². The first-order valence-electron chi connectivity index (χ1n) is 10.1. The third-order valence-corrected chi connectivity index (χ3v) is 4.88. The summed E-state index contributed by atoms with van der Waals surface area (Å²) >= 11 is 0. The minimum absolute atomic E-state index is 0.323. The lowest BCUT2D eigenvalue weighted by Gasteiger charge is -2.17. The highest BCUT2D eigenvalue weighted by Crippen LogP contribution is 2.26. The Labute approximate surface area is 162 Å². The second kappa shape index (κ2) is 10.7. The molecule has 0 unspecified atom stereocenters. The standard InChI is InChI=1S/C23H32N2O2/c1-4-6-7-8-9-13-16-25-17-20(23(26)27-5-2)21(18(3)22(25)24)19-14-11-10-12-15-19/h10-12,14-15,17,24H,4-9,13,16H2,1-3H3. The predicted octanol–water partition coefficient (Wildman–Crippen LogP) is 5.48. The molecule has 1 aromatic heterocycles. The molecule has 2 aromatic rings. The maximum Gasteiger partial charge on any atom is 0.340 e. The largest absolute Gasteiger partial charge is 0.462 e. The van der Waals surface area contributed by atoms with Crippen LogP contribution in [0.3, 0.4) is 0 Å². The molecule has 0 saturated heterocycles. The number of hydrogen-bond acceptors (Lipinski definition) is 3. The van der Waals surface area contributed by atoms with Crippen LogP contribution in [0.4, 0.5) is 0 Å². The van der Waals surface area contributed by atoms with Crippen molar-refractivity contribution in [3.8, 4) is 11.1 Å². The molecule has 0 atom stereocenters. The molecule has 27 heavy (non-hydrogen) atoms. The summed E-state index contributed by atoms with van der Waals surface area (Å²) in [7, 11) is 0. The maximum atomic E-state index is 12.6. The summed E-state index contributed by atoms with van der Waals surface area (Å²) in [6.07, 6.45) is 9.01. The van der Waals surface area contributed by atoms with Gasteiger partial charge in [0.25, 0.3) is 0 Å². The van der Waals surface area contributed by atoms with E-state index in [1.54, 1.807) is 0 Å². The molecule has 1 heterocycles. The first kappa shape index (κ1) is 20.9. The summed E-state index contributed by atoms with van der Waals surface area (Å²) < 4.78 is 7.19. The average molecular weight is 369 g/mol. The van der Waals surface area contributed by atoms with Crippen LogP contribution >= 0.6 is 0 Å². The molecule has 0 aliphatic rings. The highest BCUT2D eigenvalue weighted by Gasteiger charge is 2.19. The highest BCUT2D eigenvalue weighted by atomic mass is 16.5. The first-order valence-corrected chi connectivity index (χ1v) is 10.1. The van der Waals surface area contributed by atoms with Crippen LogP contribution in [0, 0.1) is 12.3 Å². The highest BCUT2D eigenvalue weighted by molar-refractivity contribution is 5.97. The van der Waals surface area contributed by atoms with Crippen molar-refractivity contribution in [2.75, 3.05) is 6.61 Å². The van der Waals surface area contributed by atoms with Gasteiger partial charge in [0.1, 0.15) is 5.49 Å². The van der Waals surface area contributed by atoms with E-state index >= 15 is 0 Å². The minimum Gasteiger partial charge on any atom is -0.462 e. The van der Waals surface area contributed by atoms with Gasteiger partial charge < -0.3 is 9.30 Å². The third kappa shape index (κ3) is 5.56. The molecule has 146 valence electrons. The second-order valence-electron chi connectivity index (χ2n) is 6.94. The summed E-state index contributed by atoms with van der Waals surface area (Å²) in [5.74, 6) is -0.323. The van der Waals surface area contributed by atoms with E-state index in [1.807, 2.05) is 54.9 Å². The number of pyridine rings is 1. The Kier molecular flexibility index (Phi) is 8.31. The number of esters is 1. The van der Waals surface area contributed by atoms with Gasteiger partial charge in [0.15, 0.2) is 0 Å². The number of hydrogen-bond donors (Lipinski definition) is 1. The Hall–Kier alpha value is -2.36. The van der Waals surface area contributed by atoms with Crippen molar-refractivity contribution in [1.82, 2.24) is 4.57 Å². The van der Waals surface area contributed by atoms with Crippen LogP contribution in [0.5, 0.6) is 0 Å². The van der Waals surface area contributed by atoms with Gasteiger partial charge in [-0.1, -0.05) is 69.4 Å². The number of benzene rings is 1. The molecule has 0 radical (unpaired) electrons. The number of carbonyl (C=O) groups excluding carboxylic acids is 1. The van der Waals surface area contributed by atoms with E-state index in [0.29, 0.717) is 17.7 Å². The fourth-order valence-corrected chi connectivity index (χ4v) is 3.40. The molecule has 0 fully saturated rings. The molecule has 0 aliphatic heterocycles. The molecule has 0 spiro atoms. The topological polar surface area (TPSA) is 55.1 Å². The Bertz CT molecular complexity index is 794. The van der Waals surface area contributed by atoms with Gasteiger partial charge in [0.2, 0.25) is 0 Å². The van der Waals surface area contributed by atoms with E-state index < -0.39 is 0 Å². The lowest BCUT2D eigenvalue weighted by Crippen LogP contribution is -2.26. The molecular weight excluding hydrogens is 336 g/mol. The minimum atomic E-state index is -0.323.